The Morgan fingerprint density at radius 3 is 2.30 bits per heavy atom. The van der Waals surface area contributed by atoms with Crippen LogP contribution in [0, 0.1) is 0 Å². The van der Waals surface area contributed by atoms with Crippen molar-refractivity contribution < 1.29 is 23.6 Å². The van der Waals surface area contributed by atoms with Gasteiger partial charge in [-0.1, -0.05) is 18.2 Å². The summed E-state index contributed by atoms with van der Waals surface area (Å²) in [4.78, 5) is 23.7. The predicted octanol–water partition coefficient (Wildman–Crippen LogP) is 2.25. The molecule has 1 fully saturated rings. The quantitative estimate of drug-likeness (QED) is 0.319. The van der Waals surface area contributed by atoms with Crippen molar-refractivity contribution in [1.29, 1.82) is 0 Å². The van der Waals surface area contributed by atoms with Crippen LogP contribution < -0.4 is 16.2 Å². The molecule has 1 aliphatic rings. The minimum absolute atomic E-state index is 0.0728. The lowest BCUT2D eigenvalue weighted by atomic mass is 9.77. The molecule has 1 amide bonds. The second-order valence-electron chi connectivity index (χ2n) is 9.19. The van der Waals surface area contributed by atoms with Gasteiger partial charge in [-0.3, -0.25) is 4.79 Å². The summed E-state index contributed by atoms with van der Waals surface area (Å²) >= 11 is 0. The molecule has 0 spiro atoms. The molecule has 1 heterocycles. The Labute approximate surface area is 178 Å². The van der Waals surface area contributed by atoms with E-state index in [1.165, 1.54) is 0 Å². The van der Waals surface area contributed by atoms with Gasteiger partial charge in [-0.05, 0) is 53.9 Å². The highest BCUT2D eigenvalue weighted by Gasteiger charge is 2.51. The number of hydrogen-bond donors (Lipinski definition) is 2. The number of carbonyl (C=O) groups is 2. The zero-order chi connectivity index (χ0) is 22.7. The molecule has 8 nitrogen and oxygen atoms in total. The van der Waals surface area contributed by atoms with E-state index in [2.05, 4.69) is 15.8 Å². The van der Waals surface area contributed by atoms with Crippen LogP contribution >= 0.6 is 0 Å². The molecule has 1 aliphatic heterocycles. The highest BCUT2D eigenvalue weighted by molar-refractivity contribution is 6.62. The van der Waals surface area contributed by atoms with E-state index in [-0.39, 0.29) is 6.54 Å². The number of carbonyl (C=O) groups excluding carboxylic acids is 2. The number of hydrogen-bond acceptors (Lipinski definition) is 7. The molecule has 2 N–H and O–H groups in total. The summed E-state index contributed by atoms with van der Waals surface area (Å²) in [6.45, 7) is 13.3. The van der Waals surface area contributed by atoms with Crippen molar-refractivity contribution in [1.82, 2.24) is 10.7 Å². The van der Waals surface area contributed by atoms with Gasteiger partial charge in [0.05, 0.1) is 23.5 Å². The van der Waals surface area contributed by atoms with Gasteiger partial charge in [0.15, 0.2) is 6.29 Å². The van der Waals surface area contributed by atoms with E-state index >= 15 is 0 Å². The molecule has 0 aromatic heterocycles. The third-order valence-electron chi connectivity index (χ3n) is 5.09. The van der Waals surface area contributed by atoms with Gasteiger partial charge in [0.1, 0.15) is 5.60 Å². The van der Waals surface area contributed by atoms with Crippen LogP contribution in [0.1, 0.15) is 64.4 Å². The fourth-order valence-electron chi connectivity index (χ4n) is 2.85. The first-order valence-electron chi connectivity index (χ1n) is 9.95. The van der Waals surface area contributed by atoms with Gasteiger partial charge in [0, 0.05) is 18.2 Å². The van der Waals surface area contributed by atoms with Gasteiger partial charge >= 0.3 is 13.2 Å². The lowest BCUT2D eigenvalue weighted by Crippen LogP contribution is -2.41. The molecule has 164 valence electrons. The van der Waals surface area contributed by atoms with Gasteiger partial charge in [0.2, 0.25) is 0 Å². The topological polar surface area (TPSA) is 98.2 Å². The molecular formula is C21H32BN3O5. The molecular weight excluding hydrogens is 385 g/mol. The van der Waals surface area contributed by atoms with Gasteiger partial charge in [0.25, 0.3) is 0 Å². The monoisotopic (exact) mass is 417 g/mol. The second-order valence-corrected chi connectivity index (χ2v) is 9.19. The van der Waals surface area contributed by atoms with Crippen molar-refractivity contribution in [3.05, 3.63) is 29.3 Å². The van der Waals surface area contributed by atoms with E-state index in [0.29, 0.717) is 16.8 Å². The van der Waals surface area contributed by atoms with Crippen LogP contribution in [-0.4, -0.2) is 55.6 Å². The molecule has 0 atom stereocenters. The minimum Gasteiger partial charge on any atom is -0.444 e. The number of alkyl carbamates (subject to hydrolysis) is 1. The number of nitrogens with zero attached hydrogens (tertiary/aromatic N) is 1. The van der Waals surface area contributed by atoms with Crippen molar-refractivity contribution in [2.75, 3.05) is 13.6 Å². The van der Waals surface area contributed by atoms with E-state index in [0.717, 1.165) is 11.7 Å². The molecule has 1 aromatic rings. The van der Waals surface area contributed by atoms with Crippen molar-refractivity contribution in [2.24, 2.45) is 5.10 Å². The number of rotatable bonds is 6. The Bertz CT molecular complexity index is 814. The maximum atomic E-state index is 12.1. The Kier molecular flexibility index (Phi) is 6.99. The minimum atomic E-state index is -0.616. The summed E-state index contributed by atoms with van der Waals surface area (Å²) in [5, 5.41) is 6.93. The molecule has 0 unspecified atom stereocenters. The third kappa shape index (κ3) is 5.61. The first-order valence-corrected chi connectivity index (χ1v) is 9.95. The third-order valence-corrected chi connectivity index (χ3v) is 5.09. The number of amides is 1. The van der Waals surface area contributed by atoms with Crippen LogP contribution in [0.3, 0.4) is 0 Å². The fourth-order valence-corrected chi connectivity index (χ4v) is 2.85. The van der Waals surface area contributed by atoms with E-state index in [1.807, 2.05) is 27.7 Å². The van der Waals surface area contributed by atoms with Crippen molar-refractivity contribution in [3.8, 4) is 0 Å². The molecule has 9 heteroatoms. The molecule has 1 saturated heterocycles. The summed E-state index contributed by atoms with van der Waals surface area (Å²) in [7, 11) is 1.07. The Balaban J connectivity index is 2.31. The molecule has 0 saturated carbocycles. The molecule has 0 aliphatic carbocycles. The van der Waals surface area contributed by atoms with E-state index in [1.54, 1.807) is 46.0 Å². The number of benzene rings is 1. The van der Waals surface area contributed by atoms with Crippen LogP contribution in [0.4, 0.5) is 4.79 Å². The molecule has 0 bridgehead atoms. The SMILES string of the molecule is CN/N=C(/CNC(=O)OC(C)(C)C)c1cc(B2OC(C)(C)C(C)(C)O2)ccc1C=O. The van der Waals surface area contributed by atoms with Crippen LogP contribution in [0.25, 0.3) is 0 Å². The summed E-state index contributed by atoms with van der Waals surface area (Å²) < 4.78 is 17.5. The fraction of sp³-hybridized carbons (Fsp3) is 0.571. The van der Waals surface area contributed by atoms with Crippen LogP contribution in [-0.2, 0) is 14.0 Å². The predicted molar refractivity (Wildman–Crippen MR) is 117 cm³/mol. The summed E-state index contributed by atoms with van der Waals surface area (Å²) in [6.07, 6.45) is 0.184. The van der Waals surface area contributed by atoms with Crippen molar-refractivity contribution >= 4 is 30.7 Å². The summed E-state index contributed by atoms with van der Waals surface area (Å²) in [5.74, 6) is 0. The van der Waals surface area contributed by atoms with E-state index < -0.39 is 30.0 Å². The molecule has 1 aromatic carbocycles. The zero-order valence-electron chi connectivity index (χ0n) is 19.1. The lowest BCUT2D eigenvalue weighted by Gasteiger charge is -2.32. The standard InChI is InChI=1S/C21H32BN3O5/c1-19(2,3)28-18(27)24-12-17(25-23-8)16-11-15(10-9-14(16)13-26)22-29-20(4,5)21(6,7)30-22/h9-11,13,23H,12H2,1-8H3,(H,24,27)/b25-17-. The zero-order valence-corrected chi connectivity index (χ0v) is 19.1. The highest BCUT2D eigenvalue weighted by atomic mass is 16.7. The van der Waals surface area contributed by atoms with Gasteiger partial charge in [-0.2, -0.15) is 5.10 Å². The first-order chi connectivity index (χ1) is 13.8. The number of nitrogens with one attached hydrogen (secondary N) is 2. The molecule has 0 radical (unpaired) electrons. The summed E-state index contributed by atoms with van der Waals surface area (Å²) in [6, 6.07) is 5.30. The van der Waals surface area contributed by atoms with Crippen molar-refractivity contribution in [2.45, 2.75) is 65.3 Å². The average molecular weight is 417 g/mol. The average Bonchev–Trinajstić information content (AvgIpc) is 2.84. The number of ether oxygens (including phenoxy) is 1. The van der Waals surface area contributed by atoms with Gasteiger partial charge in [-0.25, -0.2) is 4.79 Å². The molecule has 30 heavy (non-hydrogen) atoms. The normalized spacial score (nSPS) is 18.1. The Morgan fingerprint density at radius 2 is 1.80 bits per heavy atom. The summed E-state index contributed by atoms with van der Waals surface area (Å²) in [5.41, 5.74) is 3.38. The van der Waals surface area contributed by atoms with E-state index in [4.69, 9.17) is 14.0 Å². The smallest absolute Gasteiger partial charge is 0.444 e. The number of aldehydes is 1. The van der Waals surface area contributed by atoms with Crippen LogP contribution in [0.15, 0.2) is 23.3 Å². The van der Waals surface area contributed by atoms with Crippen molar-refractivity contribution in [3.63, 3.8) is 0 Å². The van der Waals surface area contributed by atoms with Gasteiger partial charge in [-0.15, -0.1) is 0 Å². The maximum absolute atomic E-state index is 12.1. The van der Waals surface area contributed by atoms with Crippen LogP contribution in [0.5, 0.6) is 0 Å². The Hall–Kier alpha value is -2.39. The van der Waals surface area contributed by atoms with Crippen LogP contribution in [0.2, 0.25) is 0 Å². The van der Waals surface area contributed by atoms with E-state index in [9.17, 15) is 9.59 Å². The largest absolute Gasteiger partial charge is 0.494 e. The number of hydrazone groups is 1. The lowest BCUT2D eigenvalue weighted by molar-refractivity contribution is 0.00578. The second kappa shape index (κ2) is 8.77. The highest BCUT2D eigenvalue weighted by Crippen LogP contribution is 2.36. The molecule has 2 rings (SSSR count). The Morgan fingerprint density at radius 1 is 1.20 bits per heavy atom. The van der Waals surface area contributed by atoms with Gasteiger partial charge < -0.3 is 24.8 Å². The maximum Gasteiger partial charge on any atom is 0.494 e. The first kappa shape index (κ1) is 23.9.